The molecule has 0 unspecified atom stereocenters. The van der Waals surface area contributed by atoms with Gasteiger partial charge in [0.1, 0.15) is 22.8 Å². The standard InChI is InChI=1S/C25H31N3O4/c1-5-7-12-31-25(30)20-13-17(9-11-22(20)32-16(3)4)21(29)15-28-14-18-8-10-19(6-2)27-23(18)24(28)26/h8-11,13,16,26H,5-7,12,14-15H2,1-4H3. The van der Waals surface area contributed by atoms with E-state index in [-0.39, 0.29) is 29.8 Å². The zero-order valence-corrected chi connectivity index (χ0v) is 19.2. The second kappa shape index (κ2) is 10.4. The molecule has 2 heterocycles. The summed E-state index contributed by atoms with van der Waals surface area (Å²) in [5.74, 6) is -0.0309. The van der Waals surface area contributed by atoms with Gasteiger partial charge in [0.25, 0.3) is 0 Å². The maximum atomic E-state index is 13.0. The highest BCUT2D eigenvalue weighted by Crippen LogP contribution is 2.25. The molecule has 0 amide bonds. The summed E-state index contributed by atoms with van der Waals surface area (Å²) >= 11 is 0. The third kappa shape index (κ3) is 5.33. The number of carbonyl (C=O) groups is 2. The summed E-state index contributed by atoms with van der Waals surface area (Å²) in [4.78, 5) is 31.9. The summed E-state index contributed by atoms with van der Waals surface area (Å²) in [7, 11) is 0. The smallest absolute Gasteiger partial charge is 0.341 e. The van der Waals surface area contributed by atoms with Crippen LogP contribution in [0.1, 0.15) is 78.2 Å². The lowest BCUT2D eigenvalue weighted by Crippen LogP contribution is -2.30. The fourth-order valence-corrected chi connectivity index (χ4v) is 3.50. The molecular weight excluding hydrogens is 406 g/mol. The Balaban J connectivity index is 1.78. The minimum Gasteiger partial charge on any atom is -0.490 e. The van der Waals surface area contributed by atoms with E-state index in [1.54, 1.807) is 17.0 Å². The van der Waals surface area contributed by atoms with Crippen molar-refractivity contribution in [2.75, 3.05) is 13.2 Å². The number of rotatable bonds is 10. The number of carbonyl (C=O) groups excluding carboxylic acids is 2. The van der Waals surface area contributed by atoms with Crippen LogP contribution in [-0.4, -0.2) is 46.7 Å². The van der Waals surface area contributed by atoms with Gasteiger partial charge in [-0.25, -0.2) is 9.78 Å². The summed E-state index contributed by atoms with van der Waals surface area (Å²) in [5, 5.41) is 8.45. The zero-order chi connectivity index (χ0) is 23.3. The summed E-state index contributed by atoms with van der Waals surface area (Å²) in [6.07, 6.45) is 2.36. The molecule has 3 rings (SSSR count). The first-order chi connectivity index (χ1) is 15.3. The van der Waals surface area contributed by atoms with Gasteiger partial charge < -0.3 is 14.4 Å². The van der Waals surface area contributed by atoms with E-state index in [0.717, 1.165) is 30.5 Å². The lowest BCUT2D eigenvalue weighted by molar-refractivity contribution is 0.0493. The molecule has 0 radical (unpaired) electrons. The van der Waals surface area contributed by atoms with Gasteiger partial charge in [-0.1, -0.05) is 26.3 Å². The van der Waals surface area contributed by atoms with Gasteiger partial charge in [0, 0.05) is 23.4 Å². The van der Waals surface area contributed by atoms with Gasteiger partial charge in [-0.15, -0.1) is 0 Å². The van der Waals surface area contributed by atoms with Crippen LogP contribution in [0, 0.1) is 5.41 Å². The van der Waals surface area contributed by atoms with Crippen molar-refractivity contribution >= 4 is 17.6 Å². The molecule has 7 nitrogen and oxygen atoms in total. The molecule has 32 heavy (non-hydrogen) atoms. The Labute approximate surface area is 189 Å². The Hall–Kier alpha value is -3.22. The number of aromatic nitrogens is 1. The minimum atomic E-state index is -0.499. The van der Waals surface area contributed by atoms with E-state index < -0.39 is 5.97 Å². The lowest BCUT2D eigenvalue weighted by Gasteiger charge is -2.18. The fourth-order valence-electron chi connectivity index (χ4n) is 3.50. The maximum Gasteiger partial charge on any atom is 0.341 e. The number of hydrogen-bond donors (Lipinski definition) is 1. The molecule has 7 heteroatoms. The topological polar surface area (TPSA) is 92.6 Å². The SMILES string of the molecule is CCCCOC(=O)c1cc(C(=O)CN2Cc3ccc(CC)nc3C2=N)ccc1OC(C)C. The summed E-state index contributed by atoms with van der Waals surface area (Å²) in [6, 6.07) is 8.77. The highest BCUT2D eigenvalue weighted by molar-refractivity contribution is 6.05. The number of ether oxygens (including phenoxy) is 2. The largest absolute Gasteiger partial charge is 0.490 e. The lowest BCUT2D eigenvalue weighted by atomic mass is 10.1. The molecule has 0 aliphatic carbocycles. The highest BCUT2D eigenvalue weighted by atomic mass is 16.5. The van der Waals surface area contributed by atoms with Gasteiger partial charge >= 0.3 is 5.97 Å². The van der Waals surface area contributed by atoms with Crippen LogP contribution in [0.5, 0.6) is 5.75 Å². The fraction of sp³-hybridized carbons (Fsp3) is 0.440. The van der Waals surface area contributed by atoms with Crippen LogP contribution in [-0.2, 0) is 17.7 Å². The molecule has 1 aliphatic heterocycles. The van der Waals surface area contributed by atoms with Crippen molar-refractivity contribution in [3.63, 3.8) is 0 Å². The van der Waals surface area contributed by atoms with Crippen LogP contribution >= 0.6 is 0 Å². The number of aryl methyl sites for hydroxylation is 1. The van der Waals surface area contributed by atoms with Gasteiger partial charge in [0.15, 0.2) is 5.78 Å². The van der Waals surface area contributed by atoms with E-state index >= 15 is 0 Å². The summed E-state index contributed by atoms with van der Waals surface area (Å²) in [6.45, 7) is 8.62. The molecule has 2 aromatic rings. The Morgan fingerprint density at radius 2 is 1.97 bits per heavy atom. The van der Waals surface area contributed by atoms with Crippen molar-refractivity contribution in [1.29, 1.82) is 5.41 Å². The Bertz CT molecular complexity index is 1020. The number of Topliss-reactive ketones (excluding diaryl/α,β-unsaturated/α-hetero) is 1. The first kappa shape index (κ1) is 23.4. The van der Waals surface area contributed by atoms with Crippen LogP contribution in [0.15, 0.2) is 30.3 Å². The monoisotopic (exact) mass is 437 g/mol. The van der Waals surface area contributed by atoms with Gasteiger partial charge in [-0.2, -0.15) is 0 Å². The van der Waals surface area contributed by atoms with Gasteiger partial charge in [-0.3, -0.25) is 10.2 Å². The number of amidine groups is 1. The predicted molar refractivity (Wildman–Crippen MR) is 123 cm³/mol. The molecule has 1 N–H and O–H groups in total. The molecular formula is C25H31N3O4. The van der Waals surface area contributed by atoms with Crippen LogP contribution in [0.3, 0.4) is 0 Å². The first-order valence-corrected chi connectivity index (χ1v) is 11.2. The van der Waals surface area contributed by atoms with Crippen molar-refractivity contribution < 1.29 is 19.1 Å². The Kier molecular flexibility index (Phi) is 7.62. The zero-order valence-electron chi connectivity index (χ0n) is 19.2. The molecule has 1 aromatic carbocycles. The van der Waals surface area contributed by atoms with Crippen molar-refractivity contribution in [3.8, 4) is 5.75 Å². The van der Waals surface area contributed by atoms with E-state index in [2.05, 4.69) is 4.98 Å². The number of hydrogen-bond acceptors (Lipinski definition) is 6. The number of nitrogens with one attached hydrogen (secondary N) is 1. The second-order valence-electron chi connectivity index (χ2n) is 8.16. The molecule has 1 aliphatic rings. The van der Waals surface area contributed by atoms with Crippen molar-refractivity contribution in [1.82, 2.24) is 9.88 Å². The average molecular weight is 438 g/mol. The van der Waals surface area contributed by atoms with E-state index in [1.165, 1.54) is 6.07 Å². The van der Waals surface area contributed by atoms with E-state index in [1.807, 2.05) is 39.8 Å². The average Bonchev–Trinajstić information content (AvgIpc) is 3.08. The number of benzene rings is 1. The van der Waals surface area contributed by atoms with Crippen molar-refractivity contribution in [2.45, 2.75) is 59.6 Å². The molecule has 0 bridgehead atoms. The number of ketones is 1. The Morgan fingerprint density at radius 1 is 1.19 bits per heavy atom. The van der Waals surface area contributed by atoms with E-state index in [9.17, 15) is 9.59 Å². The molecule has 0 atom stereocenters. The molecule has 0 saturated heterocycles. The summed E-state index contributed by atoms with van der Waals surface area (Å²) in [5.41, 5.74) is 3.14. The van der Waals surface area contributed by atoms with E-state index in [4.69, 9.17) is 14.9 Å². The summed E-state index contributed by atoms with van der Waals surface area (Å²) < 4.78 is 11.1. The Morgan fingerprint density at radius 3 is 2.66 bits per heavy atom. The van der Waals surface area contributed by atoms with Crippen LogP contribution in [0.2, 0.25) is 0 Å². The molecule has 170 valence electrons. The number of fused-ring (bicyclic) bond motifs is 1. The maximum absolute atomic E-state index is 13.0. The molecule has 1 aromatic heterocycles. The minimum absolute atomic E-state index is 0.0331. The predicted octanol–water partition coefficient (Wildman–Crippen LogP) is 4.41. The highest BCUT2D eigenvalue weighted by Gasteiger charge is 2.28. The van der Waals surface area contributed by atoms with Crippen molar-refractivity contribution in [2.24, 2.45) is 0 Å². The third-order valence-electron chi connectivity index (χ3n) is 5.25. The molecule has 0 saturated carbocycles. The first-order valence-electron chi connectivity index (χ1n) is 11.2. The number of esters is 1. The quantitative estimate of drug-likeness (QED) is 0.336. The van der Waals surface area contributed by atoms with Gasteiger partial charge in [0.2, 0.25) is 0 Å². The number of unbranched alkanes of at least 4 members (excludes halogenated alkanes) is 1. The van der Waals surface area contributed by atoms with Crippen LogP contribution < -0.4 is 4.74 Å². The molecule has 0 fully saturated rings. The van der Waals surface area contributed by atoms with Crippen LogP contribution in [0.25, 0.3) is 0 Å². The number of pyridine rings is 1. The number of nitrogens with zero attached hydrogens (tertiary/aromatic N) is 2. The van der Waals surface area contributed by atoms with E-state index in [0.29, 0.717) is 30.2 Å². The molecule has 0 spiro atoms. The third-order valence-corrected chi connectivity index (χ3v) is 5.25. The normalized spacial score (nSPS) is 12.8. The van der Waals surface area contributed by atoms with Gasteiger partial charge in [0.05, 0.1) is 19.3 Å². The second-order valence-corrected chi connectivity index (χ2v) is 8.16. The van der Waals surface area contributed by atoms with Crippen LogP contribution in [0.4, 0.5) is 0 Å². The van der Waals surface area contributed by atoms with Gasteiger partial charge in [-0.05, 0) is 51.0 Å². The van der Waals surface area contributed by atoms with Crippen molar-refractivity contribution in [3.05, 3.63) is 58.4 Å².